The van der Waals surface area contributed by atoms with Gasteiger partial charge in [-0.05, 0) is 24.0 Å². The summed E-state index contributed by atoms with van der Waals surface area (Å²) in [6.07, 6.45) is 0.776. The van der Waals surface area contributed by atoms with E-state index in [2.05, 4.69) is 0 Å². The summed E-state index contributed by atoms with van der Waals surface area (Å²) in [5, 5.41) is 9.32. The Morgan fingerprint density at radius 1 is 1.23 bits per heavy atom. The molecule has 0 saturated carbocycles. The molecule has 3 rings (SSSR count). The Labute approximate surface area is 130 Å². The summed E-state index contributed by atoms with van der Waals surface area (Å²) in [6, 6.07) is 4.74. The van der Waals surface area contributed by atoms with E-state index in [-0.39, 0.29) is 23.3 Å². The van der Waals surface area contributed by atoms with Crippen molar-refractivity contribution in [3.05, 3.63) is 18.2 Å². The second-order valence-corrected chi connectivity index (χ2v) is 7.84. The maximum absolute atomic E-state index is 12.8. The molecule has 0 aromatic heterocycles. The number of hydrogen-bond donors (Lipinski definition) is 1. The van der Waals surface area contributed by atoms with Gasteiger partial charge in [0.2, 0.25) is 10.0 Å². The van der Waals surface area contributed by atoms with Crippen molar-refractivity contribution in [1.29, 1.82) is 0 Å². The van der Waals surface area contributed by atoms with Crippen molar-refractivity contribution in [2.45, 2.75) is 18.2 Å². The Hall–Kier alpha value is -1.31. The summed E-state index contributed by atoms with van der Waals surface area (Å²) in [6.45, 7) is 3.85. The lowest BCUT2D eigenvalue weighted by molar-refractivity contribution is 0.210. The fourth-order valence-corrected chi connectivity index (χ4v) is 4.49. The molecule has 1 fully saturated rings. The van der Waals surface area contributed by atoms with Crippen molar-refractivity contribution in [3.8, 4) is 11.5 Å². The zero-order chi connectivity index (χ0) is 15.7. The van der Waals surface area contributed by atoms with E-state index >= 15 is 0 Å². The van der Waals surface area contributed by atoms with Crippen molar-refractivity contribution < 1.29 is 23.0 Å². The highest BCUT2D eigenvalue weighted by atomic mass is 32.2. The molecule has 0 spiro atoms. The van der Waals surface area contributed by atoms with Crippen LogP contribution in [-0.2, 0) is 10.0 Å². The zero-order valence-electron chi connectivity index (χ0n) is 12.6. The van der Waals surface area contributed by atoms with Crippen LogP contribution in [0.15, 0.2) is 23.1 Å². The average molecular weight is 327 g/mol. The van der Waals surface area contributed by atoms with E-state index in [1.807, 2.05) is 6.92 Å². The standard InChI is InChI=1S/C15H21NO5S/c1-11-8-16(9-12(11)10-17)22(18,19)13-3-4-14-15(7-13)21-6-2-5-20-14/h3-4,7,11-12,17H,2,5-6,8-10H2,1H3/t11-,12+/m1/s1. The predicted molar refractivity (Wildman–Crippen MR) is 80.5 cm³/mol. The second kappa shape index (κ2) is 6.06. The second-order valence-electron chi connectivity index (χ2n) is 5.90. The van der Waals surface area contributed by atoms with Crippen molar-refractivity contribution in [3.63, 3.8) is 0 Å². The molecule has 7 heteroatoms. The summed E-state index contributed by atoms with van der Waals surface area (Å²) in [5.41, 5.74) is 0. The smallest absolute Gasteiger partial charge is 0.243 e. The van der Waals surface area contributed by atoms with E-state index in [0.717, 1.165) is 6.42 Å². The molecule has 2 aliphatic rings. The van der Waals surface area contributed by atoms with Gasteiger partial charge < -0.3 is 14.6 Å². The van der Waals surface area contributed by atoms with Gasteiger partial charge in [-0.25, -0.2) is 8.42 Å². The van der Waals surface area contributed by atoms with Crippen LogP contribution in [0.25, 0.3) is 0 Å². The summed E-state index contributed by atoms with van der Waals surface area (Å²) >= 11 is 0. The molecule has 2 atom stereocenters. The van der Waals surface area contributed by atoms with Gasteiger partial charge in [-0.2, -0.15) is 4.31 Å². The Morgan fingerprint density at radius 3 is 2.64 bits per heavy atom. The topological polar surface area (TPSA) is 76.1 Å². The molecule has 22 heavy (non-hydrogen) atoms. The number of rotatable bonds is 3. The largest absolute Gasteiger partial charge is 0.490 e. The Kier molecular flexibility index (Phi) is 4.29. The van der Waals surface area contributed by atoms with Crippen LogP contribution in [0.3, 0.4) is 0 Å². The highest BCUT2D eigenvalue weighted by Gasteiger charge is 2.37. The van der Waals surface area contributed by atoms with Gasteiger partial charge in [0.1, 0.15) is 0 Å². The predicted octanol–water partition coefficient (Wildman–Crippen LogP) is 1.10. The van der Waals surface area contributed by atoms with Crippen molar-refractivity contribution in [1.82, 2.24) is 4.31 Å². The maximum Gasteiger partial charge on any atom is 0.243 e. The van der Waals surface area contributed by atoms with E-state index in [1.54, 1.807) is 12.1 Å². The van der Waals surface area contributed by atoms with Gasteiger partial charge in [0, 0.05) is 32.2 Å². The molecule has 0 amide bonds. The minimum Gasteiger partial charge on any atom is -0.490 e. The molecule has 122 valence electrons. The molecule has 1 aromatic rings. The number of nitrogens with zero attached hydrogens (tertiary/aromatic N) is 1. The van der Waals surface area contributed by atoms with E-state index in [9.17, 15) is 13.5 Å². The SMILES string of the molecule is C[C@@H]1CN(S(=O)(=O)c2ccc3c(c2)OCCCO3)C[C@H]1CO. The van der Waals surface area contributed by atoms with E-state index in [4.69, 9.17) is 9.47 Å². The third kappa shape index (κ3) is 2.80. The minimum atomic E-state index is -3.57. The lowest BCUT2D eigenvalue weighted by atomic mass is 10.00. The molecule has 1 N–H and O–H groups in total. The van der Waals surface area contributed by atoms with Crippen molar-refractivity contribution in [2.75, 3.05) is 32.9 Å². The van der Waals surface area contributed by atoms with Gasteiger partial charge in [-0.15, -0.1) is 0 Å². The Bertz CT molecular complexity index is 645. The highest BCUT2D eigenvalue weighted by Crippen LogP contribution is 2.34. The zero-order valence-corrected chi connectivity index (χ0v) is 13.4. The molecule has 2 heterocycles. The van der Waals surface area contributed by atoms with Gasteiger partial charge in [0.15, 0.2) is 11.5 Å². The molecule has 0 aliphatic carbocycles. The quantitative estimate of drug-likeness (QED) is 0.899. The van der Waals surface area contributed by atoms with E-state index in [0.29, 0.717) is 37.8 Å². The lowest BCUT2D eigenvalue weighted by Crippen LogP contribution is -2.29. The molecule has 0 radical (unpaired) electrons. The van der Waals surface area contributed by atoms with Crippen LogP contribution in [0.1, 0.15) is 13.3 Å². The number of aliphatic hydroxyl groups is 1. The van der Waals surface area contributed by atoms with Crippen LogP contribution in [0.5, 0.6) is 11.5 Å². The number of hydrogen-bond acceptors (Lipinski definition) is 5. The first-order valence-corrected chi connectivity index (χ1v) is 8.97. The first-order chi connectivity index (χ1) is 10.5. The monoisotopic (exact) mass is 327 g/mol. The van der Waals surface area contributed by atoms with Crippen LogP contribution in [0, 0.1) is 11.8 Å². The van der Waals surface area contributed by atoms with Gasteiger partial charge in [0.05, 0.1) is 18.1 Å². The minimum absolute atomic E-state index is 0.00446. The Balaban J connectivity index is 1.88. The first-order valence-electron chi connectivity index (χ1n) is 7.53. The van der Waals surface area contributed by atoms with Crippen molar-refractivity contribution >= 4 is 10.0 Å². The number of fused-ring (bicyclic) bond motifs is 1. The number of aliphatic hydroxyl groups excluding tert-OH is 1. The molecular weight excluding hydrogens is 306 g/mol. The van der Waals surface area contributed by atoms with Crippen LogP contribution in [0.2, 0.25) is 0 Å². The molecule has 2 aliphatic heterocycles. The average Bonchev–Trinajstić information content (AvgIpc) is 2.74. The van der Waals surface area contributed by atoms with Crippen LogP contribution < -0.4 is 9.47 Å². The Morgan fingerprint density at radius 2 is 1.95 bits per heavy atom. The molecule has 6 nitrogen and oxygen atoms in total. The molecule has 1 saturated heterocycles. The lowest BCUT2D eigenvalue weighted by Gasteiger charge is -2.17. The van der Waals surface area contributed by atoms with Crippen LogP contribution in [-0.4, -0.2) is 50.7 Å². The van der Waals surface area contributed by atoms with Crippen LogP contribution >= 0.6 is 0 Å². The van der Waals surface area contributed by atoms with Gasteiger partial charge in [-0.3, -0.25) is 0 Å². The normalized spacial score (nSPS) is 25.9. The third-order valence-corrected chi connectivity index (χ3v) is 6.15. The third-order valence-electron chi connectivity index (χ3n) is 4.33. The van der Waals surface area contributed by atoms with Crippen molar-refractivity contribution in [2.24, 2.45) is 11.8 Å². The summed E-state index contributed by atoms with van der Waals surface area (Å²) in [7, 11) is -3.57. The highest BCUT2D eigenvalue weighted by molar-refractivity contribution is 7.89. The van der Waals surface area contributed by atoms with E-state index in [1.165, 1.54) is 10.4 Å². The summed E-state index contributed by atoms with van der Waals surface area (Å²) in [5.74, 6) is 1.21. The summed E-state index contributed by atoms with van der Waals surface area (Å²) in [4.78, 5) is 0.211. The number of ether oxygens (including phenoxy) is 2. The molecule has 0 unspecified atom stereocenters. The fourth-order valence-electron chi connectivity index (χ4n) is 2.87. The van der Waals surface area contributed by atoms with Crippen LogP contribution in [0.4, 0.5) is 0 Å². The molecule has 1 aromatic carbocycles. The fraction of sp³-hybridized carbons (Fsp3) is 0.600. The molecule has 0 bridgehead atoms. The summed E-state index contributed by atoms with van der Waals surface area (Å²) < 4.78 is 38.1. The van der Waals surface area contributed by atoms with Gasteiger partial charge in [0.25, 0.3) is 0 Å². The van der Waals surface area contributed by atoms with E-state index < -0.39 is 10.0 Å². The maximum atomic E-state index is 12.8. The first kappa shape index (κ1) is 15.6. The van der Waals surface area contributed by atoms with Gasteiger partial charge in [-0.1, -0.05) is 6.92 Å². The molecular formula is C15H21NO5S. The van der Waals surface area contributed by atoms with Gasteiger partial charge >= 0.3 is 0 Å². The number of sulfonamides is 1. The number of benzene rings is 1.